The van der Waals surface area contributed by atoms with Crippen LogP contribution in [0.5, 0.6) is 0 Å². The highest BCUT2D eigenvalue weighted by molar-refractivity contribution is 4.98. The van der Waals surface area contributed by atoms with Crippen LogP contribution in [0.1, 0.15) is 33.6 Å². The highest BCUT2D eigenvalue weighted by Gasteiger charge is 2.28. The molecule has 0 N–H and O–H groups in total. The summed E-state index contributed by atoms with van der Waals surface area (Å²) in [6, 6.07) is 0. The van der Waals surface area contributed by atoms with Crippen LogP contribution in [0.2, 0.25) is 0 Å². The second kappa shape index (κ2) is 2.88. The molecule has 0 aromatic carbocycles. The summed E-state index contributed by atoms with van der Waals surface area (Å²) >= 11 is 0. The Morgan fingerprint density at radius 1 is 1.55 bits per heavy atom. The van der Waals surface area contributed by atoms with Gasteiger partial charge < -0.3 is 4.90 Å². The standard InChI is InChI=1S/C10H19N/c1-5-9(2)11-7-6-10(3,4)8-11/h2,5-8H2,1,3-4H3. The van der Waals surface area contributed by atoms with Crippen molar-refractivity contribution in [3.63, 3.8) is 0 Å². The Balaban J connectivity index is 2.48. The molecule has 1 aliphatic rings. The van der Waals surface area contributed by atoms with Gasteiger partial charge in [0.1, 0.15) is 0 Å². The lowest BCUT2D eigenvalue weighted by Gasteiger charge is -2.22. The van der Waals surface area contributed by atoms with E-state index in [0.717, 1.165) is 6.42 Å². The molecular formula is C10H19N. The van der Waals surface area contributed by atoms with Crippen molar-refractivity contribution in [3.05, 3.63) is 12.3 Å². The third-order valence-corrected chi connectivity index (χ3v) is 2.53. The summed E-state index contributed by atoms with van der Waals surface area (Å²) in [6.45, 7) is 13.3. The van der Waals surface area contributed by atoms with Crippen LogP contribution in [-0.4, -0.2) is 18.0 Å². The third kappa shape index (κ3) is 1.98. The zero-order chi connectivity index (χ0) is 8.48. The van der Waals surface area contributed by atoms with Crippen molar-refractivity contribution >= 4 is 0 Å². The van der Waals surface area contributed by atoms with Gasteiger partial charge in [0.2, 0.25) is 0 Å². The lowest BCUT2D eigenvalue weighted by atomic mass is 9.93. The molecule has 0 amide bonds. The first kappa shape index (κ1) is 8.63. The molecule has 0 unspecified atom stereocenters. The van der Waals surface area contributed by atoms with E-state index in [-0.39, 0.29) is 0 Å². The van der Waals surface area contributed by atoms with E-state index in [4.69, 9.17) is 0 Å². The normalized spacial score (nSPS) is 22.3. The molecule has 0 atom stereocenters. The molecule has 0 aromatic heterocycles. The van der Waals surface area contributed by atoms with Crippen molar-refractivity contribution in [1.82, 2.24) is 4.90 Å². The summed E-state index contributed by atoms with van der Waals surface area (Å²) in [5, 5.41) is 0. The molecule has 0 radical (unpaired) electrons. The molecular weight excluding hydrogens is 134 g/mol. The van der Waals surface area contributed by atoms with Gasteiger partial charge in [-0.3, -0.25) is 0 Å². The van der Waals surface area contributed by atoms with Gasteiger partial charge in [0.15, 0.2) is 0 Å². The first-order valence-corrected chi connectivity index (χ1v) is 4.48. The van der Waals surface area contributed by atoms with Crippen molar-refractivity contribution in [2.45, 2.75) is 33.6 Å². The second-order valence-corrected chi connectivity index (χ2v) is 4.26. The van der Waals surface area contributed by atoms with Crippen LogP contribution in [0.15, 0.2) is 12.3 Å². The van der Waals surface area contributed by atoms with E-state index < -0.39 is 0 Å². The Morgan fingerprint density at radius 3 is 2.55 bits per heavy atom. The van der Waals surface area contributed by atoms with Gasteiger partial charge in [-0.15, -0.1) is 0 Å². The quantitative estimate of drug-likeness (QED) is 0.589. The smallest absolute Gasteiger partial charge is 0.0226 e. The molecule has 1 fully saturated rings. The molecule has 0 bridgehead atoms. The highest BCUT2D eigenvalue weighted by Crippen LogP contribution is 2.31. The van der Waals surface area contributed by atoms with E-state index in [0.29, 0.717) is 5.41 Å². The van der Waals surface area contributed by atoms with Crippen molar-refractivity contribution in [2.24, 2.45) is 5.41 Å². The molecule has 0 saturated carbocycles. The molecule has 0 aliphatic carbocycles. The predicted molar refractivity (Wildman–Crippen MR) is 49.4 cm³/mol. The minimum atomic E-state index is 0.512. The maximum atomic E-state index is 4.05. The average Bonchev–Trinajstić information content (AvgIpc) is 2.29. The average molecular weight is 153 g/mol. The van der Waals surface area contributed by atoms with Crippen molar-refractivity contribution in [1.29, 1.82) is 0 Å². The van der Waals surface area contributed by atoms with E-state index in [1.54, 1.807) is 0 Å². The van der Waals surface area contributed by atoms with E-state index in [1.807, 2.05) is 0 Å². The zero-order valence-electron chi connectivity index (χ0n) is 7.98. The van der Waals surface area contributed by atoms with Crippen molar-refractivity contribution < 1.29 is 0 Å². The Labute approximate surface area is 70.1 Å². The number of hydrogen-bond donors (Lipinski definition) is 0. The fourth-order valence-electron chi connectivity index (χ4n) is 1.61. The van der Waals surface area contributed by atoms with Gasteiger partial charge >= 0.3 is 0 Å². The molecule has 11 heavy (non-hydrogen) atoms. The molecule has 1 nitrogen and oxygen atoms in total. The van der Waals surface area contributed by atoms with E-state index in [1.165, 1.54) is 25.2 Å². The van der Waals surface area contributed by atoms with Gasteiger partial charge in [-0.1, -0.05) is 27.4 Å². The minimum Gasteiger partial charge on any atom is -0.375 e. The molecule has 0 aromatic rings. The number of allylic oxidation sites excluding steroid dienone is 1. The largest absolute Gasteiger partial charge is 0.375 e. The third-order valence-electron chi connectivity index (χ3n) is 2.53. The molecule has 1 saturated heterocycles. The highest BCUT2D eigenvalue weighted by atomic mass is 15.2. The second-order valence-electron chi connectivity index (χ2n) is 4.26. The van der Waals surface area contributed by atoms with Gasteiger partial charge in [-0.25, -0.2) is 0 Å². The monoisotopic (exact) mass is 153 g/mol. The first-order valence-electron chi connectivity index (χ1n) is 4.48. The fourth-order valence-corrected chi connectivity index (χ4v) is 1.61. The van der Waals surface area contributed by atoms with Gasteiger partial charge in [-0.2, -0.15) is 0 Å². The Kier molecular flexibility index (Phi) is 2.26. The maximum Gasteiger partial charge on any atom is 0.0226 e. The van der Waals surface area contributed by atoms with Crippen LogP contribution in [-0.2, 0) is 0 Å². The summed E-state index contributed by atoms with van der Waals surface area (Å²) in [4.78, 5) is 2.42. The topological polar surface area (TPSA) is 3.24 Å². The Hall–Kier alpha value is -0.460. The summed E-state index contributed by atoms with van der Waals surface area (Å²) in [5.41, 5.74) is 1.81. The fraction of sp³-hybridized carbons (Fsp3) is 0.800. The lowest BCUT2D eigenvalue weighted by molar-refractivity contribution is 0.337. The van der Waals surface area contributed by atoms with Gasteiger partial charge in [0.25, 0.3) is 0 Å². The summed E-state index contributed by atoms with van der Waals surface area (Å²) < 4.78 is 0. The molecule has 64 valence electrons. The summed E-state index contributed by atoms with van der Waals surface area (Å²) in [5.74, 6) is 0. The summed E-state index contributed by atoms with van der Waals surface area (Å²) in [7, 11) is 0. The predicted octanol–water partition coefficient (Wildman–Crippen LogP) is 2.64. The number of nitrogens with zero attached hydrogens (tertiary/aromatic N) is 1. The lowest BCUT2D eigenvalue weighted by Crippen LogP contribution is -2.21. The van der Waals surface area contributed by atoms with Crippen LogP contribution in [0.4, 0.5) is 0 Å². The minimum absolute atomic E-state index is 0.512. The van der Waals surface area contributed by atoms with Crippen molar-refractivity contribution in [2.75, 3.05) is 13.1 Å². The SMILES string of the molecule is C=C(CC)N1CCC(C)(C)C1. The molecule has 1 heteroatoms. The Morgan fingerprint density at radius 2 is 2.18 bits per heavy atom. The van der Waals surface area contributed by atoms with E-state index >= 15 is 0 Å². The Bertz CT molecular complexity index is 158. The van der Waals surface area contributed by atoms with Crippen LogP contribution in [0.25, 0.3) is 0 Å². The van der Waals surface area contributed by atoms with Gasteiger partial charge in [0.05, 0.1) is 0 Å². The van der Waals surface area contributed by atoms with Crippen LogP contribution in [0.3, 0.4) is 0 Å². The maximum absolute atomic E-state index is 4.05. The molecule has 1 rings (SSSR count). The number of likely N-dealkylation sites (tertiary alicyclic amines) is 1. The van der Waals surface area contributed by atoms with Crippen molar-refractivity contribution in [3.8, 4) is 0 Å². The van der Waals surface area contributed by atoms with Gasteiger partial charge in [0, 0.05) is 18.8 Å². The van der Waals surface area contributed by atoms with Crippen LogP contribution < -0.4 is 0 Å². The van der Waals surface area contributed by atoms with Crippen LogP contribution >= 0.6 is 0 Å². The number of hydrogen-bond acceptors (Lipinski definition) is 1. The van der Waals surface area contributed by atoms with Gasteiger partial charge in [-0.05, 0) is 18.3 Å². The molecule has 0 spiro atoms. The summed E-state index contributed by atoms with van der Waals surface area (Å²) in [6.07, 6.45) is 2.40. The molecule has 1 heterocycles. The zero-order valence-corrected chi connectivity index (χ0v) is 7.98. The van der Waals surface area contributed by atoms with E-state index in [9.17, 15) is 0 Å². The van der Waals surface area contributed by atoms with Crippen LogP contribution in [0, 0.1) is 5.41 Å². The van der Waals surface area contributed by atoms with E-state index in [2.05, 4.69) is 32.3 Å². The first-order chi connectivity index (χ1) is 5.05. The number of rotatable bonds is 2. The molecule has 1 aliphatic heterocycles.